The van der Waals surface area contributed by atoms with Crippen molar-refractivity contribution in [2.24, 2.45) is 0 Å². The first-order chi connectivity index (χ1) is 13.6. The van der Waals surface area contributed by atoms with Gasteiger partial charge in [-0.15, -0.1) is 0 Å². The Balaban J connectivity index is 1.98. The van der Waals surface area contributed by atoms with Gasteiger partial charge in [-0.1, -0.05) is 54.6 Å². The lowest BCUT2D eigenvalue weighted by Crippen LogP contribution is -2.22. The van der Waals surface area contributed by atoms with Crippen molar-refractivity contribution in [3.05, 3.63) is 76.9 Å². The molecule has 4 N–H and O–H groups in total. The van der Waals surface area contributed by atoms with E-state index in [0.29, 0.717) is 16.7 Å². The molecule has 0 spiro atoms. The van der Waals surface area contributed by atoms with Crippen molar-refractivity contribution in [2.45, 2.75) is 24.4 Å². The third-order valence-corrected chi connectivity index (χ3v) is 6.30. The normalized spacial score (nSPS) is 25.7. The molecule has 0 heterocycles. The molecule has 0 saturated heterocycles. The zero-order chi connectivity index (χ0) is 19.2. The molecule has 28 heavy (non-hydrogen) atoms. The Morgan fingerprint density at radius 2 is 1.25 bits per heavy atom. The number of fused-ring (bicyclic) bond motifs is 5. The van der Waals surface area contributed by atoms with Crippen molar-refractivity contribution >= 4 is 38.4 Å². The highest BCUT2D eigenvalue weighted by Gasteiger charge is 2.34. The average molecular weight is 370 g/mol. The van der Waals surface area contributed by atoms with Gasteiger partial charge in [-0.25, -0.2) is 0 Å². The number of aliphatic hydroxyl groups is 4. The van der Waals surface area contributed by atoms with Gasteiger partial charge in [0.25, 0.3) is 0 Å². The van der Waals surface area contributed by atoms with E-state index in [1.54, 1.807) is 12.1 Å². The van der Waals surface area contributed by atoms with E-state index in [9.17, 15) is 20.4 Å². The van der Waals surface area contributed by atoms with Gasteiger partial charge in [0.15, 0.2) is 0 Å². The number of aliphatic hydroxyl groups excluding tert-OH is 4. The summed E-state index contributed by atoms with van der Waals surface area (Å²) in [5.74, 6) is 0. The molecule has 2 aliphatic carbocycles. The standard InChI is InChI=1S/C24H18O4/c25-18-9-8-14-16(22(18)26)10-17-21-19(14)12-5-2-1-4-11(12)13-6-3-7-15(20(13)21)23(27)24(17)28/h1-10,18,22-28H/t18-,22-,23+,24+/m0/s1. The molecule has 0 amide bonds. The van der Waals surface area contributed by atoms with Crippen LogP contribution in [0.5, 0.6) is 0 Å². The Hall–Kier alpha value is -2.76. The number of hydrogen-bond donors (Lipinski definition) is 4. The second-order valence-corrected chi connectivity index (χ2v) is 7.72. The van der Waals surface area contributed by atoms with E-state index in [1.807, 2.05) is 42.5 Å². The molecule has 0 aliphatic heterocycles. The molecular formula is C24H18O4. The predicted molar refractivity (Wildman–Crippen MR) is 109 cm³/mol. The van der Waals surface area contributed by atoms with E-state index < -0.39 is 24.4 Å². The lowest BCUT2D eigenvalue weighted by Gasteiger charge is -2.32. The van der Waals surface area contributed by atoms with Gasteiger partial charge in [0.1, 0.15) is 24.4 Å². The summed E-state index contributed by atoms with van der Waals surface area (Å²) in [7, 11) is 0. The lowest BCUT2D eigenvalue weighted by atomic mass is 9.76. The smallest absolute Gasteiger partial charge is 0.110 e. The third kappa shape index (κ3) is 1.83. The molecule has 0 aromatic heterocycles. The van der Waals surface area contributed by atoms with Crippen LogP contribution in [-0.4, -0.2) is 26.5 Å². The van der Waals surface area contributed by atoms with Crippen molar-refractivity contribution in [2.75, 3.05) is 0 Å². The van der Waals surface area contributed by atoms with Crippen molar-refractivity contribution in [3.63, 3.8) is 0 Å². The summed E-state index contributed by atoms with van der Waals surface area (Å²) < 4.78 is 0. The zero-order valence-electron chi connectivity index (χ0n) is 14.9. The number of benzene rings is 4. The van der Waals surface area contributed by atoms with E-state index in [4.69, 9.17) is 0 Å². The number of rotatable bonds is 0. The number of hydrogen-bond acceptors (Lipinski definition) is 4. The molecule has 138 valence electrons. The van der Waals surface area contributed by atoms with Crippen LogP contribution in [0.4, 0.5) is 0 Å². The molecule has 4 aromatic carbocycles. The SMILES string of the molecule is O[C@@H]1c2cccc3c4ccccc4c4c5c(cc(c4c23)[C@H]1O)[C@H](O)[C@@H](O)C=C5. The Kier molecular flexibility index (Phi) is 3.13. The molecule has 0 radical (unpaired) electrons. The highest BCUT2D eigenvalue weighted by atomic mass is 16.3. The first kappa shape index (κ1) is 16.2. The molecule has 0 fully saturated rings. The maximum atomic E-state index is 10.9. The Morgan fingerprint density at radius 1 is 0.571 bits per heavy atom. The summed E-state index contributed by atoms with van der Waals surface area (Å²) in [5, 5.41) is 48.4. The fourth-order valence-corrected chi connectivity index (χ4v) is 5.03. The van der Waals surface area contributed by atoms with Crippen LogP contribution in [0.25, 0.3) is 38.4 Å². The van der Waals surface area contributed by atoms with E-state index in [1.165, 1.54) is 0 Å². The van der Waals surface area contributed by atoms with Crippen molar-refractivity contribution in [1.29, 1.82) is 0 Å². The second kappa shape index (κ2) is 5.40. The zero-order valence-corrected chi connectivity index (χ0v) is 14.9. The monoisotopic (exact) mass is 370 g/mol. The molecule has 0 unspecified atom stereocenters. The molecule has 2 aliphatic rings. The Morgan fingerprint density at radius 3 is 2.07 bits per heavy atom. The minimum atomic E-state index is -1.10. The van der Waals surface area contributed by atoms with Gasteiger partial charge >= 0.3 is 0 Å². The van der Waals surface area contributed by atoms with Crippen molar-refractivity contribution < 1.29 is 20.4 Å². The lowest BCUT2D eigenvalue weighted by molar-refractivity contribution is 0.0172. The summed E-state index contributed by atoms with van der Waals surface area (Å²) in [6, 6.07) is 15.6. The van der Waals surface area contributed by atoms with E-state index in [2.05, 4.69) is 6.07 Å². The van der Waals surface area contributed by atoms with Gasteiger partial charge in [0, 0.05) is 0 Å². The predicted octanol–water partition coefficient (Wildman–Crippen LogP) is 3.65. The van der Waals surface area contributed by atoms with Crippen LogP contribution < -0.4 is 0 Å². The van der Waals surface area contributed by atoms with Crippen LogP contribution in [-0.2, 0) is 0 Å². The van der Waals surface area contributed by atoms with Crippen LogP contribution in [0.1, 0.15) is 40.6 Å². The van der Waals surface area contributed by atoms with Crippen LogP contribution in [0, 0.1) is 0 Å². The van der Waals surface area contributed by atoms with Crippen molar-refractivity contribution in [1.82, 2.24) is 0 Å². The molecule has 4 nitrogen and oxygen atoms in total. The van der Waals surface area contributed by atoms with E-state index in [0.717, 1.165) is 37.9 Å². The Bertz CT molecular complexity index is 1340. The van der Waals surface area contributed by atoms with Crippen LogP contribution in [0.15, 0.2) is 54.6 Å². The topological polar surface area (TPSA) is 80.9 Å². The maximum Gasteiger partial charge on any atom is 0.110 e. The van der Waals surface area contributed by atoms with E-state index >= 15 is 0 Å². The van der Waals surface area contributed by atoms with Gasteiger partial charge in [0.2, 0.25) is 0 Å². The van der Waals surface area contributed by atoms with Gasteiger partial charge in [-0.05, 0) is 60.6 Å². The first-order valence-corrected chi connectivity index (χ1v) is 9.42. The molecule has 0 bridgehead atoms. The van der Waals surface area contributed by atoms with E-state index in [-0.39, 0.29) is 0 Å². The highest BCUT2D eigenvalue weighted by Crippen LogP contribution is 2.51. The molecule has 4 heteroatoms. The molecule has 4 atom stereocenters. The maximum absolute atomic E-state index is 10.9. The van der Waals surface area contributed by atoms with Gasteiger partial charge in [-0.3, -0.25) is 0 Å². The summed E-state index contributed by atoms with van der Waals surface area (Å²) in [6.45, 7) is 0. The fraction of sp³-hybridized carbons (Fsp3) is 0.167. The quantitative estimate of drug-likeness (QED) is 0.356. The largest absolute Gasteiger partial charge is 0.386 e. The summed E-state index contributed by atoms with van der Waals surface area (Å²) >= 11 is 0. The summed E-state index contributed by atoms with van der Waals surface area (Å²) in [4.78, 5) is 0. The first-order valence-electron chi connectivity index (χ1n) is 9.42. The fourth-order valence-electron chi connectivity index (χ4n) is 5.03. The third-order valence-electron chi connectivity index (χ3n) is 6.30. The minimum Gasteiger partial charge on any atom is -0.386 e. The highest BCUT2D eigenvalue weighted by molar-refractivity contribution is 6.29. The molecule has 4 aromatic rings. The molecule has 0 saturated carbocycles. The molecular weight excluding hydrogens is 352 g/mol. The van der Waals surface area contributed by atoms with Gasteiger partial charge in [-0.2, -0.15) is 0 Å². The second-order valence-electron chi connectivity index (χ2n) is 7.72. The van der Waals surface area contributed by atoms with Gasteiger partial charge < -0.3 is 20.4 Å². The van der Waals surface area contributed by atoms with Crippen molar-refractivity contribution in [3.8, 4) is 0 Å². The summed E-state index contributed by atoms with van der Waals surface area (Å²) in [5.41, 5.74) is 2.74. The van der Waals surface area contributed by atoms with Gasteiger partial charge in [0.05, 0.1) is 0 Å². The Labute approximate surface area is 160 Å². The van der Waals surface area contributed by atoms with Crippen LogP contribution in [0.2, 0.25) is 0 Å². The van der Waals surface area contributed by atoms with Crippen LogP contribution >= 0.6 is 0 Å². The molecule has 6 rings (SSSR count). The minimum absolute atomic E-state index is 0.577. The van der Waals surface area contributed by atoms with Crippen LogP contribution in [0.3, 0.4) is 0 Å². The average Bonchev–Trinajstić information content (AvgIpc) is 2.73. The summed E-state index contributed by atoms with van der Waals surface area (Å²) in [6.07, 6.45) is -0.748.